The quantitative estimate of drug-likeness (QED) is 0.0839. The van der Waals surface area contributed by atoms with Crippen LogP contribution < -0.4 is 10.9 Å². The Morgan fingerprint density at radius 2 is 0.983 bits per heavy atom. The van der Waals surface area contributed by atoms with E-state index in [9.17, 15) is 56.0 Å². The Kier molecular flexibility index (Phi) is 13.0. The van der Waals surface area contributed by atoms with Crippen LogP contribution in [-0.4, -0.2) is 54.3 Å². The molecule has 4 aromatic carbocycles. The molecule has 6 aromatic rings. The molecule has 0 aliphatic carbocycles. The summed E-state index contributed by atoms with van der Waals surface area (Å²) in [7, 11) is 0. The molecule has 0 fully saturated rings. The van der Waals surface area contributed by atoms with E-state index in [1.807, 2.05) is 0 Å². The molecule has 0 bridgehead atoms. The number of aliphatic hydroxyl groups is 3. The minimum absolute atomic E-state index is 0.225. The van der Waals surface area contributed by atoms with Gasteiger partial charge in [-0.05, 0) is 70.7 Å². The number of carbonyl (C=O) groups is 1. The van der Waals surface area contributed by atoms with E-state index in [4.69, 9.17) is 0 Å². The predicted molar refractivity (Wildman–Crippen MR) is 218 cm³/mol. The molecule has 6 rings (SSSR count). The normalized spacial score (nSPS) is 14.6. The number of alkyl halides is 6. The number of aromatic nitrogens is 2. The Bertz CT molecular complexity index is 2600. The summed E-state index contributed by atoms with van der Waals surface area (Å²) >= 11 is 0. The Labute approximate surface area is 342 Å². The third kappa shape index (κ3) is 9.89. The second-order valence-electron chi connectivity index (χ2n) is 16.4. The van der Waals surface area contributed by atoms with Gasteiger partial charge in [0.15, 0.2) is 22.1 Å². The number of benzene rings is 4. The first-order valence-electron chi connectivity index (χ1n) is 18.9. The molecule has 0 amide bonds. The Morgan fingerprint density at radius 1 is 0.567 bits per heavy atom. The third-order valence-electron chi connectivity index (χ3n) is 10.9. The van der Waals surface area contributed by atoms with Crippen molar-refractivity contribution in [1.82, 2.24) is 9.13 Å². The fourth-order valence-electron chi connectivity index (χ4n) is 7.64. The largest absolute Gasteiger partial charge is 0.418 e. The van der Waals surface area contributed by atoms with E-state index in [1.54, 1.807) is 113 Å². The second kappa shape index (κ2) is 17.2. The van der Waals surface area contributed by atoms with Gasteiger partial charge in [0.25, 0.3) is 0 Å². The Hall–Kier alpha value is -5.57. The number of hydrogen-bond acceptors (Lipinski definition) is 6. The first kappa shape index (κ1) is 45.5. The lowest BCUT2D eigenvalue weighted by Crippen LogP contribution is -2.52. The highest BCUT2D eigenvalue weighted by Crippen LogP contribution is 2.44. The van der Waals surface area contributed by atoms with Crippen LogP contribution in [0.1, 0.15) is 67.6 Å². The summed E-state index contributed by atoms with van der Waals surface area (Å²) in [5, 5.41) is 31.7. The SMILES string of the molecule is CC(C)(CC(O)(Cn1ccc(=O)c2ccccc21)C(F)(F)F)c1cccc(C=O)c1.CC(C)(CC(O)(Cn1ccc(=O)c2ccccc21)C(F)(F)F)c1cccc(CO)c1. The molecule has 0 aliphatic rings. The zero-order chi connectivity index (χ0) is 44.3. The number of rotatable bonds is 12. The number of pyridine rings is 2. The average Bonchev–Trinajstić information content (AvgIpc) is 3.19. The van der Waals surface area contributed by atoms with Crippen molar-refractivity contribution in [3.8, 4) is 0 Å². The van der Waals surface area contributed by atoms with Crippen molar-refractivity contribution in [2.45, 2.75) is 94.6 Å². The minimum Gasteiger partial charge on any atom is -0.392 e. The number of aliphatic hydroxyl groups excluding tert-OH is 1. The summed E-state index contributed by atoms with van der Waals surface area (Å²) in [6.45, 7) is 4.70. The average molecular weight is 837 g/mol. The first-order chi connectivity index (χ1) is 27.9. The van der Waals surface area contributed by atoms with Crippen LogP contribution in [0.25, 0.3) is 21.8 Å². The van der Waals surface area contributed by atoms with Crippen molar-refractivity contribution in [2.75, 3.05) is 0 Å². The summed E-state index contributed by atoms with van der Waals surface area (Å²) in [6.07, 6.45) is -7.88. The van der Waals surface area contributed by atoms with Gasteiger partial charge in [0.1, 0.15) is 6.29 Å². The molecule has 14 heteroatoms. The number of halogens is 6. The molecule has 2 heterocycles. The van der Waals surface area contributed by atoms with Crippen LogP contribution in [0, 0.1) is 0 Å². The number of para-hydroxylation sites is 2. The minimum atomic E-state index is -4.92. The van der Waals surface area contributed by atoms with Gasteiger partial charge in [-0.3, -0.25) is 14.4 Å². The van der Waals surface area contributed by atoms with E-state index in [1.165, 1.54) is 45.8 Å². The molecule has 0 aliphatic heterocycles. The Morgan fingerprint density at radius 3 is 1.40 bits per heavy atom. The zero-order valence-electron chi connectivity index (χ0n) is 33.4. The van der Waals surface area contributed by atoms with Crippen molar-refractivity contribution in [2.24, 2.45) is 0 Å². The maximum absolute atomic E-state index is 14.1. The molecule has 0 saturated carbocycles. The molecule has 0 spiro atoms. The summed E-state index contributed by atoms with van der Waals surface area (Å²) < 4.78 is 87.0. The lowest BCUT2D eigenvalue weighted by atomic mass is 9.74. The van der Waals surface area contributed by atoms with Gasteiger partial charge in [0.05, 0.1) is 30.7 Å². The maximum atomic E-state index is 14.1. The van der Waals surface area contributed by atoms with Crippen molar-refractivity contribution in [1.29, 1.82) is 0 Å². The topological polar surface area (TPSA) is 122 Å². The highest BCUT2D eigenvalue weighted by molar-refractivity contribution is 5.79. The number of carbonyl (C=O) groups excluding carboxylic acids is 1. The summed E-state index contributed by atoms with van der Waals surface area (Å²) in [5.41, 5.74) is -6.15. The van der Waals surface area contributed by atoms with Crippen LogP contribution in [0.3, 0.4) is 0 Å². The van der Waals surface area contributed by atoms with Gasteiger partial charge in [-0.1, -0.05) is 94.4 Å². The summed E-state index contributed by atoms with van der Waals surface area (Å²) in [4.78, 5) is 35.2. The van der Waals surface area contributed by atoms with Gasteiger partial charge >= 0.3 is 12.4 Å². The highest BCUT2D eigenvalue weighted by atomic mass is 19.4. The van der Waals surface area contributed by atoms with Crippen molar-refractivity contribution in [3.05, 3.63) is 164 Å². The van der Waals surface area contributed by atoms with Crippen LogP contribution in [0.15, 0.2) is 131 Å². The molecule has 318 valence electrons. The maximum Gasteiger partial charge on any atom is 0.418 e. The van der Waals surface area contributed by atoms with Crippen LogP contribution >= 0.6 is 0 Å². The summed E-state index contributed by atoms with van der Waals surface area (Å²) in [5.74, 6) is 0. The van der Waals surface area contributed by atoms with Crippen LogP contribution in [0.2, 0.25) is 0 Å². The van der Waals surface area contributed by atoms with E-state index in [-0.39, 0.29) is 22.9 Å². The van der Waals surface area contributed by atoms with Crippen LogP contribution in [-0.2, 0) is 30.5 Å². The molecule has 0 saturated heterocycles. The fourth-order valence-corrected chi connectivity index (χ4v) is 7.64. The number of fused-ring (bicyclic) bond motifs is 2. The monoisotopic (exact) mass is 836 g/mol. The molecule has 2 aromatic heterocycles. The molecule has 60 heavy (non-hydrogen) atoms. The van der Waals surface area contributed by atoms with Gasteiger partial charge in [-0.15, -0.1) is 0 Å². The summed E-state index contributed by atoms with van der Waals surface area (Å²) in [6, 6.07) is 28.1. The van der Waals surface area contributed by atoms with Crippen LogP contribution in [0.4, 0.5) is 26.3 Å². The first-order valence-corrected chi connectivity index (χ1v) is 18.9. The van der Waals surface area contributed by atoms with Gasteiger partial charge in [-0.25, -0.2) is 0 Å². The lowest BCUT2D eigenvalue weighted by molar-refractivity contribution is -0.271. The van der Waals surface area contributed by atoms with E-state index in [0.717, 1.165) is 0 Å². The highest BCUT2D eigenvalue weighted by Gasteiger charge is 2.57. The number of nitrogens with zero attached hydrogens (tertiary/aromatic N) is 2. The molecular formula is C46H46F6N2O6. The molecule has 0 radical (unpaired) electrons. The van der Waals surface area contributed by atoms with Crippen molar-refractivity contribution in [3.63, 3.8) is 0 Å². The smallest absolute Gasteiger partial charge is 0.392 e. The fraction of sp³-hybridized carbons (Fsp3) is 0.326. The van der Waals surface area contributed by atoms with Gasteiger partial charge in [0.2, 0.25) is 0 Å². The second-order valence-corrected chi connectivity index (χ2v) is 16.4. The van der Waals surface area contributed by atoms with Crippen molar-refractivity contribution >= 4 is 28.1 Å². The molecule has 2 atom stereocenters. The van der Waals surface area contributed by atoms with Crippen molar-refractivity contribution < 1.29 is 46.5 Å². The van der Waals surface area contributed by atoms with E-state index >= 15 is 0 Å². The van der Waals surface area contributed by atoms with E-state index < -0.39 is 60.3 Å². The third-order valence-corrected chi connectivity index (χ3v) is 10.9. The lowest BCUT2D eigenvalue weighted by Gasteiger charge is -2.38. The standard InChI is InChI=1S/C23H24F3NO3.C23H22F3NO3/c2*1-21(2,17-7-5-6-16(12-17)13-28)14-22(30,23(24,25)26)15-27-11-10-20(29)18-8-3-4-9-19(18)27/h3-12,28,30H,13-15H2,1-2H3;3-13,30H,14-15H2,1-2H3. The van der Waals surface area contributed by atoms with E-state index in [0.29, 0.717) is 45.0 Å². The number of hydrogen-bond donors (Lipinski definition) is 3. The molecule has 3 N–H and O–H groups in total. The molecular weight excluding hydrogens is 791 g/mol. The predicted octanol–water partition coefficient (Wildman–Crippen LogP) is 8.63. The van der Waals surface area contributed by atoms with Gasteiger partial charge < -0.3 is 24.5 Å². The van der Waals surface area contributed by atoms with Gasteiger partial charge in [-0.2, -0.15) is 26.3 Å². The molecule has 2 unspecified atom stereocenters. The van der Waals surface area contributed by atoms with E-state index in [2.05, 4.69) is 0 Å². The van der Waals surface area contributed by atoms with Gasteiger partial charge in [0, 0.05) is 40.9 Å². The van der Waals surface area contributed by atoms with Crippen LogP contribution in [0.5, 0.6) is 0 Å². The Balaban J connectivity index is 0.000000228. The molecule has 8 nitrogen and oxygen atoms in total. The number of aldehydes is 1. The zero-order valence-corrected chi connectivity index (χ0v) is 33.4.